The summed E-state index contributed by atoms with van der Waals surface area (Å²) in [6.45, 7) is 4.68. The highest BCUT2D eigenvalue weighted by Gasteiger charge is 2.29. The molecule has 0 aliphatic carbocycles. The molecular weight excluding hydrogens is 362 g/mol. The lowest BCUT2D eigenvalue weighted by Crippen LogP contribution is -2.17. The molecule has 144 valence electrons. The summed E-state index contributed by atoms with van der Waals surface area (Å²) in [5, 5.41) is 11.2. The minimum atomic E-state index is -0.219. The van der Waals surface area contributed by atoms with E-state index in [-0.39, 0.29) is 5.54 Å². The van der Waals surface area contributed by atoms with Crippen molar-refractivity contribution in [2.24, 2.45) is 12.0 Å². The maximum Gasteiger partial charge on any atom is 0.235 e. The molecule has 6 nitrogen and oxygen atoms in total. The Balaban J connectivity index is 1.66. The number of hydrogen-bond donors (Lipinski definition) is 0. The number of rotatable bonds is 3. The number of aromatic nitrogens is 4. The van der Waals surface area contributed by atoms with Crippen LogP contribution in [0.3, 0.4) is 0 Å². The zero-order chi connectivity index (χ0) is 20.0. The van der Waals surface area contributed by atoms with E-state index in [4.69, 9.17) is 4.74 Å². The Morgan fingerprint density at radius 3 is 2.24 bits per heavy atom. The van der Waals surface area contributed by atoms with E-state index in [1.165, 1.54) is 0 Å². The molecule has 5 rings (SSSR count). The van der Waals surface area contributed by atoms with Crippen LogP contribution in [0.15, 0.2) is 65.8 Å². The van der Waals surface area contributed by atoms with E-state index >= 15 is 0 Å². The number of aliphatic imine (C=N–C) groups is 1. The van der Waals surface area contributed by atoms with Crippen molar-refractivity contribution in [3.05, 3.63) is 66.5 Å². The van der Waals surface area contributed by atoms with Gasteiger partial charge in [0.2, 0.25) is 5.90 Å². The lowest BCUT2D eigenvalue weighted by molar-refractivity contribution is 0.278. The molecule has 0 bridgehead atoms. The third-order valence-electron chi connectivity index (χ3n) is 5.12. The van der Waals surface area contributed by atoms with Crippen LogP contribution in [0.25, 0.3) is 33.5 Å². The van der Waals surface area contributed by atoms with Crippen LogP contribution in [0.2, 0.25) is 0 Å². The monoisotopic (exact) mass is 383 g/mol. The molecular formula is C23H21N5O. The molecule has 0 spiro atoms. The summed E-state index contributed by atoms with van der Waals surface area (Å²) in [4.78, 5) is 9.30. The average molecular weight is 383 g/mol. The second-order valence-corrected chi connectivity index (χ2v) is 7.85. The van der Waals surface area contributed by atoms with Crippen molar-refractivity contribution >= 4 is 16.7 Å². The van der Waals surface area contributed by atoms with Gasteiger partial charge in [-0.3, -0.25) is 0 Å². The molecule has 6 heteroatoms. The number of imidazole rings is 1. The molecule has 4 aromatic rings. The Hall–Kier alpha value is -3.54. The first-order valence-corrected chi connectivity index (χ1v) is 9.59. The Morgan fingerprint density at radius 1 is 0.897 bits per heavy atom. The number of ether oxygens (including phenoxy) is 1. The number of benzene rings is 2. The molecule has 1 aliphatic heterocycles. The van der Waals surface area contributed by atoms with Crippen molar-refractivity contribution in [1.82, 2.24) is 19.7 Å². The van der Waals surface area contributed by atoms with Gasteiger partial charge in [-0.2, -0.15) is 0 Å². The highest BCUT2D eigenvalue weighted by Crippen LogP contribution is 2.32. The normalized spacial score (nSPS) is 15.3. The van der Waals surface area contributed by atoms with Gasteiger partial charge in [-0.1, -0.05) is 54.6 Å². The minimum Gasteiger partial charge on any atom is -0.474 e. The molecule has 0 unspecified atom stereocenters. The second-order valence-electron chi connectivity index (χ2n) is 7.85. The first-order valence-electron chi connectivity index (χ1n) is 9.59. The van der Waals surface area contributed by atoms with Gasteiger partial charge >= 0.3 is 0 Å². The standard InChI is InChI=1S/C23H21N5O/c1-23(2)14-29-22(25-23)18-13-24-21(28(18)3)20-17-12-8-7-11-16(17)19(26-27-20)15-9-5-4-6-10-15/h4-13H,14H2,1-3H3. The van der Waals surface area contributed by atoms with Gasteiger partial charge in [0, 0.05) is 23.4 Å². The molecule has 2 aromatic carbocycles. The summed E-state index contributed by atoms with van der Waals surface area (Å²) >= 11 is 0. The Labute approximate surface area is 168 Å². The predicted octanol–water partition coefficient (Wildman–Crippen LogP) is 4.25. The van der Waals surface area contributed by atoms with Gasteiger partial charge in [0.1, 0.15) is 23.7 Å². The van der Waals surface area contributed by atoms with E-state index in [1.807, 2.05) is 54.1 Å². The molecule has 0 amide bonds. The molecule has 0 saturated carbocycles. The van der Waals surface area contributed by atoms with Crippen LogP contribution in [0.5, 0.6) is 0 Å². The summed E-state index contributed by atoms with van der Waals surface area (Å²) in [5.74, 6) is 1.36. The largest absolute Gasteiger partial charge is 0.474 e. The van der Waals surface area contributed by atoms with Gasteiger partial charge < -0.3 is 9.30 Å². The fraction of sp³-hybridized carbons (Fsp3) is 0.217. The minimum absolute atomic E-state index is 0.219. The molecule has 0 atom stereocenters. The highest BCUT2D eigenvalue weighted by molar-refractivity contribution is 6.01. The fourth-order valence-corrected chi connectivity index (χ4v) is 3.62. The quantitative estimate of drug-likeness (QED) is 0.530. The van der Waals surface area contributed by atoms with Crippen LogP contribution in [0.4, 0.5) is 0 Å². The van der Waals surface area contributed by atoms with Crippen molar-refractivity contribution in [1.29, 1.82) is 0 Å². The summed E-state index contributed by atoms with van der Waals surface area (Å²) in [7, 11) is 1.95. The second kappa shape index (κ2) is 6.51. The first kappa shape index (κ1) is 17.6. The molecule has 0 fully saturated rings. The van der Waals surface area contributed by atoms with Crippen LogP contribution >= 0.6 is 0 Å². The summed E-state index contributed by atoms with van der Waals surface area (Å²) in [6.07, 6.45) is 1.79. The van der Waals surface area contributed by atoms with Crippen molar-refractivity contribution in [2.45, 2.75) is 19.4 Å². The van der Waals surface area contributed by atoms with E-state index in [1.54, 1.807) is 6.20 Å². The van der Waals surface area contributed by atoms with E-state index in [0.29, 0.717) is 12.5 Å². The third-order valence-corrected chi connectivity index (χ3v) is 5.12. The fourth-order valence-electron chi connectivity index (χ4n) is 3.62. The van der Waals surface area contributed by atoms with Crippen LogP contribution in [-0.4, -0.2) is 37.8 Å². The van der Waals surface area contributed by atoms with Gasteiger partial charge in [-0.15, -0.1) is 10.2 Å². The summed E-state index contributed by atoms with van der Waals surface area (Å²) in [5.41, 5.74) is 3.27. The van der Waals surface area contributed by atoms with E-state index in [0.717, 1.165) is 39.2 Å². The topological polar surface area (TPSA) is 65.2 Å². The first-order chi connectivity index (χ1) is 14.0. The Morgan fingerprint density at radius 2 is 1.55 bits per heavy atom. The molecule has 0 radical (unpaired) electrons. The molecule has 1 aliphatic rings. The van der Waals surface area contributed by atoms with Gasteiger partial charge in [0.15, 0.2) is 5.82 Å². The lowest BCUT2D eigenvalue weighted by Gasteiger charge is -2.10. The van der Waals surface area contributed by atoms with E-state index in [2.05, 4.69) is 46.2 Å². The number of fused-ring (bicyclic) bond motifs is 1. The molecule has 2 aromatic heterocycles. The highest BCUT2D eigenvalue weighted by atomic mass is 16.5. The average Bonchev–Trinajstić information content (AvgIpc) is 3.29. The molecule has 0 saturated heterocycles. The van der Waals surface area contributed by atoms with Crippen LogP contribution in [0, 0.1) is 0 Å². The SMILES string of the molecule is Cn1c(C2=NC(C)(C)CO2)cnc1-c1nnc(-c2ccccc2)c2ccccc12. The molecule has 29 heavy (non-hydrogen) atoms. The van der Waals surface area contributed by atoms with Crippen LogP contribution in [-0.2, 0) is 11.8 Å². The van der Waals surface area contributed by atoms with Gasteiger partial charge in [-0.25, -0.2) is 9.98 Å². The number of hydrogen-bond acceptors (Lipinski definition) is 5. The summed E-state index contributed by atoms with van der Waals surface area (Å²) in [6, 6.07) is 18.3. The Bertz CT molecular complexity index is 1240. The molecule has 0 N–H and O–H groups in total. The lowest BCUT2D eigenvalue weighted by atomic mass is 10.0. The van der Waals surface area contributed by atoms with Crippen molar-refractivity contribution < 1.29 is 4.74 Å². The number of nitrogens with zero attached hydrogens (tertiary/aromatic N) is 5. The predicted molar refractivity (Wildman–Crippen MR) is 114 cm³/mol. The van der Waals surface area contributed by atoms with Crippen molar-refractivity contribution in [3.63, 3.8) is 0 Å². The smallest absolute Gasteiger partial charge is 0.235 e. The van der Waals surface area contributed by atoms with Crippen LogP contribution < -0.4 is 0 Å². The van der Waals surface area contributed by atoms with E-state index < -0.39 is 0 Å². The van der Waals surface area contributed by atoms with Gasteiger partial charge in [-0.05, 0) is 13.8 Å². The maximum atomic E-state index is 5.80. The summed E-state index contributed by atoms with van der Waals surface area (Å²) < 4.78 is 7.77. The van der Waals surface area contributed by atoms with Gasteiger partial charge in [0.25, 0.3) is 0 Å². The Kier molecular flexibility index (Phi) is 3.94. The zero-order valence-corrected chi connectivity index (χ0v) is 16.6. The van der Waals surface area contributed by atoms with Crippen LogP contribution in [0.1, 0.15) is 19.5 Å². The third kappa shape index (κ3) is 2.97. The maximum absolute atomic E-state index is 5.80. The van der Waals surface area contributed by atoms with E-state index in [9.17, 15) is 0 Å². The zero-order valence-electron chi connectivity index (χ0n) is 16.6. The molecule has 3 heterocycles. The van der Waals surface area contributed by atoms with Crippen molar-refractivity contribution in [2.75, 3.05) is 6.61 Å². The van der Waals surface area contributed by atoms with Crippen molar-refractivity contribution in [3.8, 4) is 22.8 Å². The van der Waals surface area contributed by atoms with Gasteiger partial charge in [0.05, 0.1) is 11.7 Å².